The molecule has 0 saturated heterocycles. The summed E-state index contributed by atoms with van der Waals surface area (Å²) in [5.41, 5.74) is 2.38. The van der Waals surface area contributed by atoms with Crippen molar-refractivity contribution in [3.8, 4) is 0 Å². The van der Waals surface area contributed by atoms with Gasteiger partial charge in [0.15, 0.2) is 5.69 Å². The third kappa shape index (κ3) is 3.77. The smallest absolute Gasteiger partial charge is 0.481 e. The fourth-order valence-electron chi connectivity index (χ4n) is 5.97. The van der Waals surface area contributed by atoms with Crippen LogP contribution in [0.5, 0.6) is 0 Å². The van der Waals surface area contributed by atoms with Crippen LogP contribution in [0.3, 0.4) is 0 Å². The van der Waals surface area contributed by atoms with Crippen LogP contribution in [-0.4, -0.2) is 45.2 Å². The van der Waals surface area contributed by atoms with Gasteiger partial charge in [-0.2, -0.15) is 9.28 Å². The Morgan fingerprint density at radius 3 is 2.29 bits per heavy atom. The van der Waals surface area contributed by atoms with Crippen LogP contribution >= 0.6 is 11.6 Å². The van der Waals surface area contributed by atoms with Crippen LogP contribution in [0.25, 0.3) is 0 Å². The molecule has 2 fully saturated rings. The van der Waals surface area contributed by atoms with Gasteiger partial charge < -0.3 is 15.1 Å². The lowest BCUT2D eigenvalue weighted by Crippen LogP contribution is -2.70. The van der Waals surface area contributed by atoms with E-state index < -0.39 is 12.1 Å². The minimum absolute atomic E-state index is 0.0112. The first-order valence-corrected chi connectivity index (χ1v) is 12.2. The number of carbonyl (C=O) groups excluding carboxylic acids is 1. The first-order valence-electron chi connectivity index (χ1n) is 11.8. The Balaban J connectivity index is 1.63. The van der Waals surface area contributed by atoms with Gasteiger partial charge in [-0.15, -0.1) is 0 Å². The second kappa shape index (κ2) is 8.71. The standard InChI is InChI=1S/C26H27ClN2O5/c27-17-6-9-20-22(14-17)29(26(33)34,15-16-4-2-1-3-5-16)21-11-10-19(21)25(20)28(18-7-8-18)23(30)12-13-24(31)32/h1-6,9,14,18-19,21,25H,7-8,10-13,15H2,(H-,31,32,33,34)/p+1/t19-,21+,25+,29-/m0/s1. The zero-order valence-electron chi connectivity index (χ0n) is 18.8. The molecule has 7 nitrogen and oxygen atoms in total. The number of rotatable bonds is 7. The maximum Gasteiger partial charge on any atom is 0.519 e. The number of hydrogen-bond acceptors (Lipinski definition) is 3. The van der Waals surface area contributed by atoms with Crippen LogP contribution in [0.2, 0.25) is 5.02 Å². The number of aliphatic carboxylic acids is 1. The molecule has 1 heterocycles. The highest BCUT2D eigenvalue weighted by molar-refractivity contribution is 6.31. The first kappa shape index (κ1) is 22.9. The van der Waals surface area contributed by atoms with Crippen molar-refractivity contribution < 1.29 is 24.6 Å². The highest BCUT2D eigenvalue weighted by Crippen LogP contribution is 2.58. The highest BCUT2D eigenvalue weighted by Gasteiger charge is 2.63. The van der Waals surface area contributed by atoms with Gasteiger partial charge >= 0.3 is 12.1 Å². The molecule has 0 radical (unpaired) electrons. The largest absolute Gasteiger partial charge is 0.519 e. The van der Waals surface area contributed by atoms with E-state index in [9.17, 15) is 19.5 Å². The molecule has 2 amide bonds. The summed E-state index contributed by atoms with van der Waals surface area (Å²) in [6.07, 6.45) is 2.17. The summed E-state index contributed by atoms with van der Waals surface area (Å²) in [5.74, 6) is -1.17. The minimum atomic E-state index is -0.995. The van der Waals surface area contributed by atoms with Crippen molar-refractivity contribution in [2.75, 3.05) is 0 Å². The highest BCUT2D eigenvalue weighted by atomic mass is 35.5. The molecular formula is C26H28ClN2O5+. The third-order valence-corrected chi connectivity index (χ3v) is 7.93. The van der Waals surface area contributed by atoms with Crippen molar-refractivity contribution in [3.05, 3.63) is 64.7 Å². The van der Waals surface area contributed by atoms with Crippen LogP contribution in [0.15, 0.2) is 48.5 Å². The Morgan fingerprint density at radius 2 is 1.71 bits per heavy atom. The van der Waals surface area contributed by atoms with E-state index in [1.165, 1.54) is 0 Å². The molecule has 2 aromatic rings. The lowest BCUT2D eigenvalue weighted by Gasteiger charge is -2.57. The molecule has 4 atom stereocenters. The van der Waals surface area contributed by atoms with Crippen molar-refractivity contribution in [2.24, 2.45) is 5.92 Å². The molecule has 2 aliphatic carbocycles. The van der Waals surface area contributed by atoms with E-state index in [2.05, 4.69) is 0 Å². The number of carboxylic acids is 1. The van der Waals surface area contributed by atoms with Crippen LogP contribution < -0.4 is 4.48 Å². The van der Waals surface area contributed by atoms with Crippen LogP contribution in [0, 0.1) is 5.92 Å². The molecule has 2 aromatic carbocycles. The maximum atomic E-state index is 13.3. The second-order valence-electron chi connectivity index (χ2n) is 9.68. The lowest BCUT2D eigenvalue weighted by atomic mass is 9.66. The van der Waals surface area contributed by atoms with Gasteiger partial charge in [0.25, 0.3) is 0 Å². The molecule has 0 aromatic heterocycles. The molecule has 5 rings (SSSR count). The van der Waals surface area contributed by atoms with Crippen molar-refractivity contribution in [1.82, 2.24) is 9.38 Å². The van der Waals surface area contributed by atoms with Gasteiger partial charge in [-0.1, -0.05) is 41.9 Å². The van der Waals surface area contributed by atoms with Gasteiger partial charge in [-0.05, 0) is 31.4 Å². The van der Waals surface area contributed by atoms with Gasteiger partial charge in [-0.3, -0.25) is 9.59 Å². The summed E-state index contributed by atoms with van der Waals surface area (Å²) < 4.78 is -0.233. The van der Waals surface area contributed by atoms with E-state index in [1.54, 1.807) is 12.1 Å². The summed E-state index contributed by atoms with van der Waals surface area (Å²) in [6.45, 7) is 0.299. The number of carbonyl (C=O) groups is 3. The predicted octanol–water partition coefficient (Wildman–Crippen LogP) is 5.21. The third-order valence-electron chi connectivity index (χ3n) is 7.70. The number of quaternary nitrogens is 1. The zero-order chi connectivity index (χ0) is 24.0. The van der Waals surface area contributed by atoms with Crippen LogP contribution in [-0.2, 0) is 16.1 Å². The summed E-state index contributed by atoms with van der Waals surface area (Å²) in [4.78, 5) is 39.4. The van der Waals surface area contributed by atoms with E-state index in [0.29, 0.717) is 17.3 Å². The fraction of sp³-hybridized carbons (Fsp3) is 0.423. The number of amides is 2. The molecule has 2 saturated carbocycles. The first-order chi connectivity index (χ1) is 16.3. The molecule has 3 aliphatic rings. The number of carboxylic acid groups (broad SMARTS) is 2. The normalized spacial score (nSPS) is 27.1. The topological polar surface area (TPSA) is 94.9 Å². The Labute approximate surface area is 203 Å². The number of hydrogen-bond donors (Lipinski definition) is 2. The van der Waals surface area contributed by atoms with Crippen molar-refractivity contribution in [1.29, 1.82) is 0 Å². The van der Waals surface area contributed by atoms with E-state index >= 15 is 0 Å². The molecule has 34 heavy (non-hydrogen) atoms. The molecule has 0 bridgehead atoms. The number of nitrogens with zero attached hydrogens (tertiary/aromatic N) is 2. The van der Waals surface area contributed by atoms with Gasteiger partial charge in [0.1, 0.15) is 12.6 Å². The van der Waals surface area contributed by atoms with Crippen molar-refractivity contribution in [3.63, 3.8) is 0 Å². The number of benzene rings is 2. The summed E-state index contributed by atoms with van der Waals surface area (Å²) in [5, 5.41) is 20.3. The SMILES string of the molecule is O=C(O)CCC(=O)N(C1CC1)[C@H]1c2ccc(Cl)cc2[N@@+](Cc2ccccc2)(C(=O)O)[C@@H]2CC[C@@H]21. The summed E-state index contributed by atoms with van der Waals surface area (Å²) in [7, 11) is 0. The van der Waals surface area contributed by atoms with Crippen molar-refractivity contribution >= 4 is 35.3 Å². The van der Waals surface area contributed by atoms with Gasteiger partial charge in [-0.25, -0.2) is 0 Å². The Hall–Kier alpha value is -2.90. The Kier molecular flexibility index (Phi) is 5.86. The monoisotopic (exact) mass is 483 g/mol. The van der Waals surface area contributed by atoms with E-state index in [0.717, 1.165) is 36.8 Å². The molecule has 178 valence electrons. The molecule has 0 unspecified atom stereocenters. The maximum absolute atomic E-state index is 13.3. The Morgan fingerprint density at radius 1 is 0.971 bits per heavy atom. The summed E-state index contributed by atoms with van der Waals surface area (Å²) >= 11 is 6.41. The molecule has 0 spiro atoms. The van der Waals surface area contributed by atoms with Crippen LogP contribution in [0.4, 0.5) is 10.5 Å². The fourth-order valence-corrected chi connectivity index (χ4v) is 6.14. The lowest BCUT2D eigenvalue weighted by molar-refractivity contribution is -0.144. The number of halogens is 1. The Bertz CT molecular complexity index is 1140. The van der Waals surface area contributed by atoms with E-state index in [1.807, 2.05) is 41.3 Å². The second-order valence-corrected chi connectivity index (χ2v) is 10.1. The van der Waals surface area contributed by atoms with Gasteiger partial charge in [0, 0.05) is 47.0 Å². The average Bonchev–Trinajstić information content (AvgIpc) is 3.61. The number of fused-ring (bicyclic) bond motifs is 2. The molecule has 8 heteroatoms. The predicted molar refractivity (Wildman–Crippen MR) is 127 cm³/mol. The van der Waals surface area contributed by atoms with E-state index in [-0.39, 0.29) is 47.3 Å². The van der Waals surface area contributed by atoms with Gasteiger partial charge in [0.05, 0.1) is 12.5 Å². The molecule has 2 N–H and O–H groups in total. The quantitative estimate of drug-likeness (QED) is 0.527. The molecular weight excluding hydrogens is 456 g/mol. The van der Waals surface area contributed by atoms with Crippen molar-refractivity contribution in [2.45, 2.75) is 63.2 Å². The minimum Gasteiger partial charge on any atom is -0.481 e. The molecule has 1 aliphatic heterocycles. The zero-order valence-corrected chi connectivity index (χ0v) is 19.5. The van der Waals surface area contributed by atoms with E-state index in [4.69, 9.17) is 16.7 Å². The average molecular weight is 484 g/mol. The summed E-state index contributed by atoms with van der Waals surface area (Å²) in [6, 6.07) is 14.6. The van der Waals surface area contributed by atoms with Crippen LogP contribution in [0.1, 0.15) is 55.7 Å². The van der Waals surface area contributed by atoms with Gasteiger partial charge in [0.2, 0.25) is 5.91 Å².